The van der Waals surface area contributed by atoms with Gasteiger partial charge in [-0.25, -0.2) is 4.98 Å². The topological polar surface area (TPSA) is 38.1 Å². The Bertz CT molecular complexity index is 749. The van der Waals surface area contributed by atoms with Crippen LogP contribution in [-0.2, 0) is 6.54 Å². The van der Waals surface area contributed by atoms with Crippen molar-refractivity contribution in [3.05, 3.63) is 64.4 Å². The molecule has 0 radical (unpaired) electrons. The van der Waals surface area contributed by atoms with Gasteiger partial charge in [0.05, 0.1) is 11.0 Å². The van der Waals surface area contributed by atoms with Crippen LogP contribution in [0.15, 0.2) is 53.0 Å². The van der Waals surface area contributed by atoms with Crippen LogP contribution in [0.2, 0.25) is 0 Å². The number of para-hydroxylation sites is 2. The fraction of sp³-hybridized carbons (Fsp3) is 0.235. The Balaban J connectivity index is 2.08. The van der Waals surface area contributed by atoms with Gasteiger partial charge in [0.1, 0.15) is 11.9 Å². The molecule has 0 spiro atoms. The standard InChI is InChI=1S/C17H17BrN2O/c1-2-16(21)17-19-14-5-3-4-6-15(14)20(17)11-12-7-9-13(18)10-8-12/h3-10,16,21H,2,11H2,1H3. The summed E-state index contributed by atoms with van der Waals surface area (Å²) >= 11 is 3.45. The zero-order valence-electron chi connectivity index (χ0n) is 11.8. The highest BCUT2D eigenvalue weighted by Gasteiger charge is 2.16. The molecule has 1 aromatic heterocycles. The van der Waals surface area contributed by atoms with Crippen molar-refractivity contribution < 1.29 is 5.11 Å². The van der Waals surface area contributed by atoms with Gasteiger partial charge in [-0.15, -0.1) is 0 Å². The zero-order chi connectivity index (χ0) is 14.8. The molecule has 0 aliphatic rings. The van der Waals surface area contributed by atoms with Crippen molar-refractivity contribution in [2.75, 3.05) is 0 Å². The second kappa shape index (κ2) is 6.00. The number of aliphatic hydroxyl groups excluding tert-OH is 1. The lowest BCUT2D eigenvalue weighted by Crippen LogP contribution is -2.09. The summed E-state index contributed by atoms with van der Waals surface area (Å²) in [6.45, 7) is 2.67. The summed E-state index contributed by atoms with van der Waals surface area (Å²) < 4.78 is 3.17. The summed E-state index contributed by atoms with van der Waals surface area (Å²) in [5.41, 5.74) is 3.17. The molecule has 0 bridgehead atoms. The van der Waals surface area contributed by atoms with E-state index in [0.29, 0.717) is 13.0 Å². The number of aliphatic hydroxyl groups is 1. The molecule has 0 saturated heterocycles. The molecule has 0 fully saturated rings. The maximum Gasteiger partial charge on any atom is 0.139 e. The third-order valence-corrected chi connectivity index (χ3v) is 4.15. The number of hydrogen-bond donors (Lipinski definition) is 1. The second-order valence-electron chi connectivity index (χ2n) is 5.10. The average molecular weight is 345 g/mol. The van der Waals surface area contributed by atoms with Crippen molar-refractivity contribution in [2.45, 2.75) is 26.0 Å². The molecule has 1 heterocycles. The number of imidazole rings is 1. The van der Waals surface area contributed by atoms with Crippen molar-refractivity contribution in [3.63, 3.8) is 0 Å². The van der Waals surface area contributed by atoms with Crippen molar-refractivity contribution in [3.8, 4) is 0 Å². The van der Waals surface area contributed by atoms with Crippen LogP contribution in [0.1, 0.15) is 30.8 Å². The molecule has 0 saturated carbocycles. The fourth-order valence-corrected chi connectivity index (χ4v) is 2.73. The van der Waals surface area contributed by atoms with Gasteiger partial charge in [0, 0.05) is 11.0 Å². The van der Waals surface area contributed by atoms with Gasteiger partial charge in [-0.1, -0.05) is 47.1 Å². The fourth-order valence-electron chi connectivity index (χ4n) is 2.47. The maximum absolute atomic E-state index is 10.2. The van der Waals surface area contributed by atoms with Gasteiger partial charge in [0.15, 0.2) is 0 Å². The SMILES string of the molecule is CCC(O)c1nc2ccccc2n1Cc1ccc(Br)cc1. The highest BCUT2D eigenvalue weighted by molar-refractivity contribution is 9.10. The van der Waals surface area contributed by atoms with Gasteiger partial charge in [-0.05, 0) is 36.2 Å². The molecule has 4 heteroatoms. The Hall–Kier alpha value is -1.65. The van der Waals surface area contributed by atoms with Gasteiger partial charge in [0.25, 0.3) is 0 Å². The van der Waals surface area contributed by atoms with E-state index >= 15 is 0 Å². The average Bonchev–Trinajstić information content (AvgIpc) is 2.88. The summed E-state index contributed by atoms with van der Waals surface area (Å²) in [5, 5.41) is 10.2. The first kappa shape index (κ1) is 14.3. The van der Waals surface area contributed by atoms with E-state index in [1.54, 1.807) is 0 Å². The Morgan fingerprint density at radius 1 is 1.14 bits per heavy atom. The van der Waals surface area contributed by atoms with Crippen LogP contribution in [0, 0.1) is 0 Å². The highest BCUT2D eigenvalue weighted by Crippen LogP contribution is 2.24. The van der Waals surface area contributed by atoms with E-state index in [1.165, 1.54) is 5.56 Å². The molecule has 2 aromatic carbocycles. The summed E-state index contributed by atoms with van der Waals surface area (Å²) in [7, 11) is 0. The van der Waals surface area contributed by atoms with Gasteiger partial charge >= 0.3 is 0 Å². The third kappa shape index (κ3) is 2.87. The van der Waals surface area contributed by atoms with Crippen LogP contribution in [0.3, 0.4) is 0 Å². The monoisotopic (exact) mass is 344 g/mol. The number of halogens is 1. The number of rotatable bonds is 4. The van der Waals surface area contributed by atoms with Crippen molar-refractivity contribution >= 4 is 27.0 Å². The molecule has 21 heavy (non-hydrogen) atoms. The van der Waals surface area contributed by atoms with Crippen LogP contribution >= 0.6 is 15.9 Å². The van der Waals surface area contributed by atoms with E-state index in [-0.39, 0.29) is 0 Å². The summed E-state index contributed by atoms with van der Waals surface area (Å²) in [5.74, 6) is 0.738. The highest BCUT2D eigenvalue weighted by atomic mass is 79.9. The maximum atomic E-state index is 10.2. The van der Waals surface area contributed by atoms with Crippen LogP contribution in [0.5, 0.6) is 0 Å². The van der Waals surface area contributed by atoms with Crippen LogP contribution in [-0.4, -0.2) is 14.7 Å². The smallest absolute Gasteiger partial charge is 0.139 e. The third-order valence-electron chi connectivity index (χ3n) is 3.62. The van der Waals surface area contributed by atoms with Gasteiger partial charge < -0.3 is 9.67 Å². The number of aromatic nitrogens is 2. The molecule has 1 unspecified atom stereocenters. The minimum absolute atomic E-state index is 0.534. The molecule has 1 atom stereocenters. The summed E-state index contributed by atoms with van der Waals surface area (Å²) in [4.78, 5) is 4.60. The van der Waals surface area contributed by atoms with E-state index in [0.717, 1.165) is 21.3 Å². The first-order valence-electron chi connectivity index (χ1n) is 7.06. The Labute approximate surface area is 132 Å². The van der Waals surface area contributed by atoms with Crippen LogP contribution in [0.25, 0.3) is 11.0 Å². The summed E-state index contributed by atoms with van der Waals surface area (Å²) in [6, 6.07) is 16.2. The van der Waals surface area contributed by atoms with E-state index in [9.17, 15) is 5.11 Å². The molecule has 108 valence electrons. The van der Waals surface area contributed by atoms with Crippen molar-refractivity contribution in [1.29, 1.82) is 0 Å². The minimum Gasteiger partial charge on any atom is -0.385 e. The molecule has 0 amide bonds. The van der Waals surface area contributed by atoms with Gasteiger partial charge in [-0.2, -0.15) is 0 Å². The van der Waals surface area contributed by atoms with Crippen molar-refractivity contribution in [1.82, 2.24) is 9.55 Å². The van der Waals surface area contributed by atoms with E-state index in [1.807, 2.05) is 43.3 Å². The molecule has 3 rings (SSSR count). The Kier molecular flexibility index (Phi) is 4.08. The van der Waals surface area contributed by atoms with Gasteiger partial charge in [0.2, 0.25) is 0 Å². The number of benzene rings is 2. The van der Waals surface area contributed by atoms with E-state index in [4.69, 9.17) is 0 Å². The molecule has 0 aliphatic heterocycles. The van der Waals surface area contributed by atoms with Crippen molar-refractivity contribution in [2.24, 2.45) is 0 Å². The first-order valence-corrected chi connectivity index (χ1v) is 7.86. The second-order valence-corrected chi connectivity index (χ2v) is 6.01. The minimum atomic E-state index is -0.534. The molecule has 0 aliphatic carbocycles. The lowest BCUT2D eigenvalue weighted by atomic mass is 10.2. The molecular weight excluding hydrogens is 328 g/mol. The van der Waals surface area contributed by atoms with E-state index in [2.05, 4.69) is 37.6 Å². The number of nitrogens with zero attached hydrogens (tertiary/aromatic N) is 2. The largest absolute Gasteiger partial charge is 0.385 e. The Morgan fingerprint density at radius 3 is 2.57 bits per heavy atom. The normalized spacial score (nSPS) is 12.7. The van der Waals surface area contributed by atoms with Crippen LogP contribution < -0.4 is 0 Å². The lowest BCUT2D eigenvalue weighted by Gasteiger charge is -2.13. The predicted molar refractivity (Wildman–Crippen MR) is 88.2 cm³/mol. The zero-order valence-corrected chi connectivity index (χ0v) is 13.4. The molecule has 3 nitrogen and oxygen atoms in total. The number of hydrogen-bond acceptors (Lipinski definition) is 2. The predicted octanol–water partition coefficient (Wildman–Crippen LogP) is 4.29. The molecular formula is C17H17BrN2O. The van der Waals surface area contributed by atoms with Crippen LogP contribution in [0.4, 0.5) is 0 Å². The molecule has 3 aromatic rings. The lowest BCUT2D eigenvalue weighted by molar-refractivity contribution is 0.160. The summed E-state index contributed by atoms with van der Waals surface area (Å²) in [6.07, 6.45) is 0.122. The van der Waals surface area contributed by atoms with Gasteiger partial charge in [-0.3, -0.25) is 0 Å². The number of fused-ring (bicyclic) bond motifs is 1. The van der Waals surface area contributed by atoms with E-state index < -0.39 is 6.10 Å². The Morgan fingerprint density at radius 2 is 1.86 bits per heavy atom. The quantitative estimate of drug-likeness (QED) is 0.766. The molecule has 1 N–H and O–H groups in total. The first-order chi connectivity index (χ1) is 10.2.